The van der Waals surface area contributed by atoms with Crippen LogP contribution in [0.4, 0.5) is 5.69 Å². The van der Waals surface area contributed by atoms with Crippen molar-refractivity contribution in [2.75, 3.05) is 11.4 Å². The van der Waals surface area contributed by atoms with Gasteiger partial charge in [0, 0.05) is 18.2 Å². The van der Waals surface area contributed by atoms with E-state index < -0.39 is 0 Å². The number of hydrogen-bond acceptors (Lipinski definition) is 4. The number of aliphatic hydroxyl groups excluding tert-OH is 1. The number of benzene rings is 1. The van der Waals surface area contributed by atoms with E-state index in [0.717, 1.165) is 17.3 Å². The van der Waals surface area contributed by atoms with Crippen LogP contribution in [0.1, 0.15) is 37.3 Å². The lowest BCUT2D eigenvalue weighted by Crippen LogP contribution is -2.30. The number of nitrogens with zero attached hydrogens (tertiary/aromatic N) is 3. The highest BCUT2D eigenvalue weighted by atomic mass is 16.3. The predicted molar refractivity (Wildman–Crippen MR) is 77.5 cm³/mol. The van der Waals surface area contributed by atoms with Gasteiger partial charge < -0.3 is 10.0 Å². The summed E-state index contributed by atoms with van der Waals surface area (Å²) in [5.41, 5.74) is 1.08. The fourth-order valence-corrected chi connectivity index (χ4v) is 2.30. The molecule has 2 aromatic rings. The zero-order valence-corrected chi connectivity index (χ0v) is 11.7. The van der Waals surface area contributed by atoms with Crippen LogP contribution in [0.5, 0.6) is 0 Å². The Kier molecular flexibility index (Phi) is 3.69. The predicted octanol–water partition coefficient (Wildman–Crippen LogP) is 2.07. The smallest absolute Gasteiger partial charge is 0.153 e. The molecule has 0 amide bonds. The number of para-hydroxylation sites is 1. The van der Waals surface area contributed by atoms with Crippen molar-refractivity contribution in [1.82, 2.24) is 15.2 Å². The van der Waals surface area contributed by atoms with Gasteiger partial charge in [-0.05, 0) is 31.9 Å². The molecule has 3 rings (SSSR count). The third-order valence-electron chi connectivity index (χ3n) is 3.44. The zero-order valence-electron chi connectivity index (χ0n) is 11.7. The third-order valence-corrected chi connectivity index (χ3v) is 3.44. The average molecular weight is 272 g/mol. The van der Waals surface area contributed by atoms with Gasteiger partial charge in [0.1, 0.15) is 5.82 Å². The quantitative estimate of drug-likeness (QED) is 0.845. The summed E-state index contributed by atoms with van der Waals surface area (Å²) in [5, 5.41) is 17.0. The first-order valence-corrected chi connectivity index (χ1v) is 7.11. The highest BCUT2D eigenvalue weighted by Crippen LogP contribution is 2.37. The molecule has 0 bridgehead atoms. The number of nitrogens with one attached hydrogen (secondary N) is 1. The minimum Gasteiger partial charge on any atom is -0.392 e. The molecule has 5 heteroatoms. The van der Waals surface area contributed by atoms with E-state index in [0.29, 0.717) is 19.0 Å². The molecular weight excluding hydrogens is 252 g/mol. The Balaban J connectivity index is 1.74. The summed E-state index contributed by atoms with van der Waals surface area (Å²) in [6.07, 6.45) is 2.02. The molecule has 106 valence electrons. The molecule has 0 radical (unpaired) electrons. The summed E-state index contributed by atoms with van der Waals surface area (Å²) in [6.45, 7) is 3.00. The Morgan fingerprint density at radius 3 is 2.75 bits per heavy atom. The molecule has 1 atom stereocenters. The lowest BCUT2D eigenvalue weighted by atomic mass is 10.2. The maximum atomic E-state index is 9.68. The van der Waals surface area contributed by atoms with Crippen molar-refractivity contribution in [1.29, 1.82) is 0 Å². The molecule has 1 aliphatic rings. The summed E-state index contributed by atoms with van der Waals surface area (Å²) < 4.78 is 0. The van der Waals surface area contributed by atoms with Crippen LogP contribution in [0.3, 0.4) is 0 Å². The van der Waals surface area contributed by atoms with Crippen LogP contribution in [-0.4, -0.2) is 32.9 Å². The van der Waals surface area contributed by atoms with E-state index in [1.54, 1.807) is 6.92 Å². The Labute approximate surface area is 118 Å². The summed E-state index contributed by atoms with van der Waals surface area (Å²) in [7, 11) is 0. The van der Waals surface area contributed by atoms with Gasteiger partial charge in [-0.15, -0.1) is 0 Å². The number of aromatic amines is 1. The molecule has 0 unspecified atom stereocenters. The van der Waals surface area contributed by atoms with Crippen molar-refractivity contribution < 1.29 is 5.11 Å². The Morgan fingerprint density at radius 2 is 2.10 bits per heavy atom. The Morgan fingerprint density at radius 1 is 1.35 bits per heavy atom. The average Bonchev–Trinajstić information content (AvgIpc) is 3.19. The van der Waals surface area contributed by atoms with E-state index >= 15 is 0 Å². The van der Waals surface area contributed by atoms with Gasteiger partial charge in [0.2, 0.25) is 0 Å². The molecule has 0 spiro atoms. The van der Waals surface area contributed by atoms with Crippen LogP contribution >= 0.6 is 0 Å². The molecule has 0 aliphatic heterocycles. The summed E-state index contributed by atoms with van der Waals surface area (Å²) in [4.78, 5) is 6.67. The highest BCUT2D eigenvalue weighted by molar-refractivity contribution is 5.46. The van der Waals surface area contributed by atoms with Crippen molar-refractivity contribution >= 4 is 5.69 Å². The van der Waals surface area contributed by atoms with Crippen molar-refractivity contribution in [3.8, 4) is 0 Å². The summed E-state index contributed by atoms with van der Waals surface area (Å²) >= 11 is 0. The zero-order chi connectivity index (χ0) is 13.9. The molecule has 0 saturated heterocycles. The molecule has 1 aromatic heterocycles. The molecule has 20 heavy (non-hydrogen) atoms. The van der Waals surface area contributed by atoms with Crippen LogP contribution in [0.2, 0.25) is 0 Å². The first kappa shape index (κ1) is 13.1. The van der Waals surface area contributed by atoms with Crippen molar-refractivity contribution in [3.05, 3.63) is 42.0 Å². The van der Waals surface area contributed by atoms with Gasteiger partial charge in [0.15, 0.2) is 5.82 Å². The highest BCUT2D eigenvalue weighted by Gasteiger charge is 2.27. The van der Waals surface area contributed by atoms with Gasteiger partial charge in [0.05, 0.1) is 12.6 Å². The summed E-state index contributed by atoms with van der Waals surface area (Å²) in [6, 6.07) is 10.1. The number of H-pyrrole nitrogens is 1. The lowest BCUT2D eigenvalue weighted by molar-refractivity contribution is 0.199. The monoisotopic (exact) mass is 272 g/mol. The minimum atomic E-state index is -0.388. The van der Waals surface area contributed by atoms with Gasteiger partial charge in [-0.2, -0.15) is 5.10 Å². The van der Waals surface area contributed by atoms with Gasteiger partial charge in [-0.1, -0.05) is 18.2 Å². The number of anilines is 1. The Hall–Kier alpha value is -1.88. The fraction of sp³-hybridized carbons (Fsp3) is 0.467. The van der Waals surface area contributed by atoms with Gasteiger partial charge in [-0.25, -0.2) is 4.98 Å². The molecule has 1 aromatic carbocycles. The first-order valence-electron chi connectivity index (χ1n) is 7.11. The molecule has 1 saturated carbocycles. The Bertz CT molecular complexity index is 548. The van der Waals surface area contributed by atoms with E-state index in [9.17, 15) is 5.11 Å². The van der Waals surface area contributed by atoms with E-state index in [4.69, 9.17) is 0 Å². The SMILES string of the molecule is C[C@@H](O)CN(Cc1nc(C2CC2)n[nH]1)c1ccccc1. The van der Waals surface area contributed by atoms with E-state index in [-0.39, 0.29) is 6.10 Å². The van der Waals surface area contributed by atoms with Gasteiger partial charge >= 0.3 is 0 Å². The first-order chi connectivity index (χ1) is 9.72. The van der Waals surface area contributed by atoms with E-state index in [1.165, 1.54) is 12.8 Å². The maximum Gasteiger partial charge on any atom is 0.153 e. The van der Waals surface area contributed by atoms with Crippen molar-refractivity contribution in [3.63, 3.8) is 0 Å². The van der Waals surface area contributed by atoms with Crippen molar-refractivity contribution in [2.24, 2.45) is 0 Å². The second kappa shape index (κ2) is 5.63. The normalized spacial score (nSPS) is 16.1. The number of aliphatic hydroxyl groups is 1. The number of rotatable bonds is 6. The largest absolute Gasteiger partial charge is 0.392 e. The van der Waals surface area contributed by atoms with Crippen LogP contribution in [-0.2, 0) is 6.54 Å². The van der Waals surface area contributed by atoms with E-state index in [2.05, 4.69) is 20.1 Å². The van der Waals surface area contributed by atoms with Gasteiger partial charge in [0.25, 0.3) is 0 Å². The second-order valence-electron chi connectivity index (χ2n) is 5.48. The molecule has 1 aliphatic carbocycles. The summed E-state index contributed by atoms with van der Waals surface area (Å²) in [5.74, 6) is 2.35. The van der Waals surface area contributed by atoms with Crippen LogP contribution in [0.15, 0.2) is 30.3 Å². The molecule has 5 nitrogen and oxygen atoms in total. The number of aromatic nitrogens is 3. The molecule has 1 fully saturated rings. The molecular formula is C15H20N4O. The minimum absolute atomic E-state index is 0.388. The maximum absolute atomic E-state index is 9.68. The molecule has 1 heterocycles. The standard InChI is InChI=1S/C15H20N4O/c1-11(20)9-19(13-5-3-2-4-6-13)10-14-16-15(18-17-14)12-7-8-12/h2-6,11-12,20H,7-10H2,1H3,(H,16,17,18)/t11-/m1/s1. The van der Waals surface area contributed by atoms with Crippen LogP contribution in [0, 0.1) is 0 Å². The van der Waals surface area contributed by atoms with Gasteiger partial charge in [-0.3, -0.25) is 5.10 Å². The van der Waals surface area contributed by atoms with Crippen LogP contribution in [0.25, 0.3) is 0 Å². The molecule has 2 N–H and O–H groups in total. The third kappa shape index (κ3) is 3.17. The fourth-order valence-electron chi connectivity index (χ4n) is 2.30. The van der Waals surface area contributed by atoms with E-state index in [1.807, 2.05) is 30.3 Å². The second-order valence-corrected chi connectivity index (χ2v) is 5.48. The number of hydrogen-bond donors (Lipinski definition) is 2. The lowest BCUT2D eigenvalue weighted by Gasteiger charge is -2.25. The topological polar surface area (TPSA) is 65.0 Å². The van der Waals surface area contributed by atoms with Crippen LogP contribution < -0.4 is 4.90 Å². The van der Waals surface area contributed by atoms with Crippen molar-refractivity contribution in [2.45, 2.75) is 38.3 Å².